The molecule has 1 aromatic heterocycles. The second kappa shape index (κ2) is 6.75. The van der Waals surface area contributed by atoms with Gasteiger partial charge in [0.25, 0.3) is 0 Å². The Labute approximate surface area is 137 Å². The summed E-state index contributed by atoms with van der Waals surface area (Å²) >= 11 is 1.31. The van der Waals surface area contributed by atoms with Gasteiger partial charge in [0, 0.05) is 13.0 Å². The summed E-state index contributed by atoms with van der Waals surface area (Å²) in [6.07, 6.45) is 1.26. The van der Waals surface area contributed by atoms with Crippen LogP contribution in [0.25, 0.3) is 0 Å². The molecule has 0 spiro atoms. The zero-order valence-electron chi connectivity index (χ0n) is 12.4. The first-order valence-electron chi connectivity index (χ1n) is 7.30. The van der Waals surface area contributed by atoms with Crippen molar-refractivity contribution < 1.29 is 19.1 Å². The average Bonchev–Trinajstić information content (AvgIpc) is 3.23. The second-order valence-electron chi connectivity index (χ2n) is 5.14. The lowest BCUT2D eigenvalue weighted by atomic mass is 10.1. The first kappa shape index (κ1) is 15.4. The number of ketones is 1. The lowest BCUT2D eigenvalue weighted by Gasteiger charge is -2.18. The number of anilines is 1. The van der Waals surface area contributed by atoms with Crippen LogP contribution in [0.3, 0.4) is 0 Å². The molecule has 1 aliphatic heterocycles. The van der Waals surface area contributed by atoms with Gasteiger partial charge in [0.1, 0.15) is 0 Å². The average molecular weight is 329 g/mol. The van der Waals surface area contributed by atoms with E-state index in [4.69, 9.17) is 4.74 Å². The second-order valence-corrected chi connectivity index (χ2v) is 6.09. The van der Waals surface area contributed by atoms with E-state index in [1.807, 2.05) is 0 Å². The van der Waals surface area contributed by atoms with Crippen LogP contribution in [0.1, 0.15) is 32.9 Å². The van der Waals surface area contributed by atoms with Crippen LogP contribution in [0.15, 0.2) is 41.8 Å². The topological polar surface area (TPSA) is 63.7 Å². The lowest BCUT2D eigenvalue weighted by Crippen LogP contribution is -2.26. The predicted octanol–water partition coefficient (Wildman–Crippen LogP) is 2.91. The summed E-state index contributed by atoms with van der Waals surface area (Å²) < 4.78 is 5.13. The minimum Gasteiger partial charge on any atom is -0.454 e. The third kappa shape index (κ3) is 3.32. The minimum atomic E-state index is -0.592. The molecule has 0 radical (unpaired) electrons. The van der Waals surface area contributed by atoms with E-state index in [9.17, 15) is 14.4 Å². The molecule has 0 N–H and O–H groups in total. The Hall–Kier alpha value is -2.47. The first-order valence-corrected chi connectivity index (χ1v) is 8.18. The Morgan fingerprint density at radius 1 is 1.17 bits per heavy atom. The number of Topliss-reactive ketones (excluding diaryl/α,β-unsaturated/α-hetero) is 1. The van der Waals surface area contributed by atoms with Crippen LogP contribution < -0.4 is 4.90 Å². The zero-order chi connectivity index (χ0) is 16.2. The number of thiophene rings is 1. The fourth-order valence-electron chi connectivity index (χ4n) is 2.50. The Morgan fingerprint density at radius 3 is 2.70 bits per heavy atom. The summed E-state index contributed by atoms with van der Waals surface area (Å²) in [5, 5.41) is 1.79. The predicted molar refractivity (Wildman–Crippen MR) is 87.0 cm³/mol. The van der Waals surface area contributed by atoms with E-state index in [1.165, 1.54) is 11.3 Å². The molecule has 23 heavy (non-hydrogen) atoms. The van der Waals surface area contributed by atoms with Gasteiger partial charge in [0.2, 0.25) is 11.7 Å². The van der Waals surface area contributed by atoms with E-state index in [1.54, 1.807) is 46.7 Å². The van der Waals surface area contributed by atoms with Gasteiger partial charge >= 0.3 is 5.97 Å². The van der Waals surface area contributed by atoms with E-state index in [0.717, 1.165) is 6.42 Å². The van der Waals surface area contributed by atoms with Crippen molar-refractivity contribution in [1.82, 2.24) is 0 Å². The van der Waals surface area contributed by atoms with E-state index in [2.05, 4.69) is 0 Å². The highest BCUT2D eigenvalue weighted by Crippen LogP contribution is 2.26. The Morgan fingerprint density at radius 2 is 2.00 bits per heavy atom. The van der Waals surface area contributed by atoms with Gasteiger partial charge in [-0.15, -0.1) is 11.3 Å². The fraction of sp³-hybridized carbons (Fsp3) is 0.235. The molecule has 1 amide bonds. The molecule has 1 saturated heterocycles. The summed E-state index contributed by atoms with van der Waals surface area (Å²) in [5.74, 6) is -0.826. The molecule has 0 unspecified atom stereocenters. The van der Waals surface area contributed by atoms with Crippen molar-refractivity contribution in [3.05, 3.63) is 52.2 Å². The molecular formula is C17H15NO4S. The maximum Gasteiger partial charge on any atom is 0.340 e. The molecule has 2 aromatic rings. The molecule has 0 saturated carbocycles. The first-order chi connectivity index (χ1) is 11.2. The van der Waals surface area contributed by atoms with Crippen LogP contribution in [0, 0.1) is 0 Å². The van der Waals surface area contributed by atoms with Crippen molar-refractivity contribution in [3.63, 3.8) is 0 Å². The van der Waals surface area contributed by atoms with Crippen LogP contribution in [0.5, 0.6) is 0 Å². The summed E-state index contributed by atoms with van der Waals surface area (Å²) in [7, 11) is 0. The molecule has 6 heteroatoms. The number of ether oxygens (including phenoxy) is 1. The van der Waals surface area contributed by atoms with Gasteiger partial charge in [0.15, 0.2) is 6.61 Å². The number of hydrogen-bond donors (Lipinski definition) is 0. The summed E-state index contributed by atoms with van der Waals surface area (Å²) in [6.45, 7) is 0.291. The number of rotatable bonds is 5. The number of benzene rings is 1. The monoisotopic (exact) mass is 329 g/mol. The van der Waals surface area contributed by atoms with E-state index in [0.29, 0.717) is 29.1 Å². The Kier molecular flexibility index (Phi) is 4.52. The smallest absolute Gasteiger partial charge is 0.340 e. The molecular weight excluding hydrogens is 314 g/mol. The van der Waals surface area contributed by atoms with Crippen molar-refractivity contribution in [2.24, 2.45) is 0 Å². The van der Waals surface area contributed by atoms with E-state index < -0.39 is 5.97 Å². The fourth-order valence-corrected chi connectivity index (χ4v) is 3.15. The van der Waals surface area contributed by atoms with Crippen molar-refractivity contribution in [2.45, 2.75) is 12.8 Å². The Balaban J connectivity index is 1.72. The highest BCUT2D eigenvalue weighted by atomic mass is 32.1. The highest BCUT2D eigenvalue weighted by Gasteiger charge is 2.26. The Bertz CT molecular complexity index is 739. The molecule has 3 rings (SSSR count). The van der Waals surface area contributed by atoms with E-state index >= 15 is 0 Å². The molecule has 5 nitrogen and oxygen atoms in total. The zero-order valence-corrected chi connectivity index (χ0v) is 13.2. The highest BCUT2D eigenvalue weighted by molar-refractivity contribution is 7.12. The van der Waals surface area contributed by atoms with Crippen molar-refractivity contribution in [2.75, 3.05) is 18.1 Å². The molecule has 118 valence electrons. The largest absolute Gasteiger partial charge is 0.454 e. The third-order valence-corrected chi connectivity index (χ3v) is 4.53. The van der Waals surface area contributed by atoms with Crippen molar-refractivity contribution >= 4 is 34.7 Å². The molecule has 0 bridgehead atoms. The van der Waals surface area contributed by atoms with Gasteiger partial charge in [-0.25, -0.2) is 4.79 Å². The maximum absolute atomic E-state index is 12.3. The van der Waals surface area contributed by atoms with Gasteiger partial charge in [-0.05, 0) is 30.0 Å². The standard InChI is InChI=1S/C17H15NO4S/c19-14(15-7-4-10-23-15)11-22-17(21)12-5-1-2-6-13(12)18-9-3-8-16(18)20/h1-2,4-7,10H,3,8-9,11H2. The summed E-state index contributed by atoms with van der Waals surface area (Å²) in [6, 6.07) is 10.3. The van der Waals surface area contributed by atoms with Crippen LogP contribution in [0.4, 0.5) is 5.69 Å². The minimum absolute atomic E-state index is 0.0000815. The van der Waals surface area contributed by atoms with Gasteiger partial charge in [-0.3, -0.25) is 9.59 Å². The third-order valence-electron chi connectivity index (χ3n) is 3.62. The van der Waals surface area contributed by atoms with Crippen LogP contribution >= 0.6 is 11.3 Å². The molecule has 2 heterocycles. The lowest BCUT2D eigenvalue weighted by molar-refractivity contribution is -0.117. The van der Waals surface area contributed by atoms with Gasteiger partial charge in [0.05, 0.1) is 16.1 Å². The number of amides is 1. The quantitative estimate of drug-likeness (QED) is 0.625. The normalized spacial score (nSPS) is 14.1. The van der Waals surface area contributed by atoms with Gasteiger partial charge in [-0.2, -0.15) is 0 Å². The SMILES string of the molecule is O=C(COC(=O)c1ccccc1N1CCCC1=O)c1cccs1. The molecule has 1 aliphatic rings. The summed E-state index contributed by atoms with van der Waals surface area (Å²) in [4.78, 5) is 38.2. The number of carbonyl (C=O) groups excluding carboxylic acids is 3. The van der Waals surface area contributed by atoms with E-state index in [-0.39, 0.29) is 18.3 Å². The van der Waals surface area contributed by atoms with Crippen molar-refractivity contribution in [1.29, 1.82) is 0 Å². The van der Waals surface area contributed by atoms with Crippen LogP contribution in [0.2, 0.25) is 0 Å². The number of hydrogen-bond acceptors (Lipinski definition) is 5. The molecule has 0 aliphatic carbocycles. The van der Waals surface area contributed by atoms with Crippen molar-refractivity contribution in [3.8, 4) is 0 Å². The molecule has 1 aromatic carbocycles. The van der Waals surface area contributed by atoms with Gasteiger partial charge < -0.3 is 9.64 Å². The maximum atomic E-state index is 12.3. The van der Waals surface area contributed by atoms with Gasteiger partial charge in [-0.1, -0.05) is 18.2 Å². The molecule has 0 atom stereocenters. The number of esters is 1. The number of nitrogens with zero attached hydrogens (tertiary/aromatic N) is 1. The number of para-hydroxylation sites is 1. The van der Waals surface area contributed by atoms with Crippen LogP contribution in [-0.4, -0.2) is 30.8 Å². The van der Waals surface area contributed by atoms with Crippen LogP contribution in [-0.2, 0) is 9.53 Å². The number of carbonyl (C=O) groups is 3. The molecule has 1 fully saturated rings. The summed E-state index contributed by atoms with van der Waals surface area (Å²) in [5.41, 5.74) is 0.852.